The third-order valence-corrected chi connectivity index (χ3v) is 10.6. The summed E-state index contributed by atoms with van der Waals surface area (Å²) in [6, 6.07) is 11.8. The van der Waals surface area contributed by atoms with Gasteiger partial charge in [0.05, 0.1) is 34.8 Å². The molecular formula is C38H48ClN3O6. The minimum Gasteiger partial charge on any atom is -0.494 e. The number of para-hydroxylation sites is 1. The van der Waals surface area contributed by atoms with Crippen molar-refractivity contribution in [2.45, 2.75) is 76.5 Å². The Hall–Kier alpha value is -3.66. The second-order valence-electron chi connectivity index (χ2n) is 13.0. The molecule has 0 saturated carbocycles. The number of halogens is 1. The molecule has 2 aromatic rings. The molecule has 0 aromatic heterocycles. The van der Waals surface area contributed by atoms with E-state index in [1.807, 2.05) is 57.2 Å². The molecule has 258 valence electrons. The average Bonchev–Trinajstić information content (AvgIpc) is 3.68. The van der Waals surface area contributed by atoms with Gasteiger partial charge in [-0.25, -0.2) is 0 Å². The van der Waals surface area contributed by atoms with Crippen molar-refractivity contribution in [1.82, 2.24) is 4.90 Å². The van der Waals surface area contributed by atoms with Gasteiger partial charge >= 0.3 is 0 Å². The van der Waals surface area contributed by atoms with Crippen LogP contribution < -0.4 is 14.5 Å². The number of hydrogen-bond donors (Lipinski definition) is 1. The number of carbonyl (C=O) groups excluding carboxylic acids is 3. The summed E-state index contributed by atoms with van der Waals surface area (Å²) >= 11 is 6.71. The minimum absolute atomic E-state index is 0.0468. The highest BCUT2D eigenvalue weighted by atomic mass is 35.5. The van der Waals surface area contributed by atoms with Crippen LogP contribution in [0.5, 0.6) is 5.75 Å². The maximum atomic E-state index is 15.0. The third kappa shape index (κ3) is 6.05. The number of hydrogen-bond acceptors (Lipinski definition) is 6. The van der Waals surface area contributed by atoms with Crippen LogP contribution in [0.25, 0.3) is 0 Å². The summed E-state index contributed by atoms with van der Waals surface area (Å²) in [5.74, 6) is -1.73. The smallest absolute Gasteiger partial charge is 0.253 e. The third-order valence-electron chi connectivity index (χ3n) is 10.3. The Morgan fingerprint density at radius 1 is 1.04 bits per heavy atom. The van der Waals surface area contributed by atoms with Gasteiger partial charge in [0, 0.05) is 31.9 Å². The lowest BCUT2D eigenvalue weighted by molar-refractivity contribution is -0.146. The predicted octanol–water partition coefficient (Wildman–Crippen LogP) is 6.10. The maximum absolute atomic E-state index is 15.0. The van der Waals surface area contributed by atoms with E-state index in [0.717, 1.165) is 5.56 Å². The molecule has 10 heteroatoms. The normalized spacial score (nSPS) is 25.6. The molecule has 0 radical (unpaired) electrons. The lowest BCUT2D eigenvalue weighted by Crippen LogP contribution is -2.57. The molecule has 1 spiro atoms. The maximum Gasteiger partial charge on any atom is 0.253 e. The quantitative estimate of drug-likeness (QED) is 0.170. The number of anilines is 2. The van der Waals surface area contributed by atoms with Crippen molar-refractivity contribution in [3.8, 4) is 5.75 Å². The first kappa shape index (κ1) is 35.6. The Balaban J connectivity index is 1.60. The van der Waals surface area contributed by atoms with E-state index in [1.165, 1.54) is 0 Å². The van der Waals surface area contributed by atoms with E-state index in [2.05, 4.69) is 13.2 Å². The number of ether oxygens (including phenoxy) is 2. The van der Waals surface area contributed by atoms with E-state index in [0.29, 0.717) is 73.8 Å². The van der Waals surface area contributed by atoms with Gasteiger partial charge in [-0.15, -0.1) is 13.2 Å². The lowest BCUT2D eigenvalue weighted by Gasteiger charge is -2.37. The summed E-state index contributed by atoms with van der Waals surface area (Å²) < 4.78 is 12.7. The Morgan fingerprint density at radius 3 is 2.38 bits per heavy atom. The van der Waals surface area contributed by atoms with Gasteiger partial charge in [0.1, 0.15) is 17.4 Å². The second-order valence-corrected chi connectivity index (χ2v) is 13.4. The summed E-state index contributed by atoms with van der Waals surface area (Å²) in [7, 11) is 0. The van der Waals surface area contributed by atoms with Crippen LogP contribution in [0.4, 0.5) is 11.4 Å². The van der Waals surface area contributed by atoms with Crippen LogP contribution in [0.3, 0.4) is 0 Å². The van der Waals surface area contributed by atoms with E-state index in [-0.39, 0.29) is 37.4 Å². The Kier molecular flexibility index (Phi) is 11.0. The van der Waals surface area contributed by atoms with Crippen LogP contribution in [0.2, 0.25) is 5.02 Å². The number of carbonyl (C=O) groups is 3. The van der Waals surface area contributed by atoms with Crippen molar-refractivity contribution in [2.24, 2.45) is 11.8 Å². The molecule has 2 aromatic carbocycles. The number of aliphatic hydroxyl groups excluding tert-OH is 1. The van der Waals surface area contributed by atoms with Crippen LogP contribution in [0.15, 0.2) is 67.8 Å². The second kappa shape index (κ2) is 14.8. The standard InChI is InChI=1S/C38H48ClN3O6/c1-6-22-40(27-16-18-28(19-17-27)47-9-4)34(44)30-31-35(45)42(24-11-10-12-25-43)33(38(31)21-20-37(30,8-3)48-38)36(46)41(23-7-2)32-26(5)14-13-15-29(32)39/h6-7,13-19,30-31,33,43H,1-2,8-12,20-25H2,3-5H3/t30-,31-,33?,37+,38?/m0/s1. The summed E-state index contributed by atoms with van der Waals surface area (Å²) in [5, 5.41) is 9.84. The van der Waals surface area contributed by atoms with Gasteiger partial charge in [-0.1, -0.05) is 42.8 Å². The number of fused-ring (bicyclic) bond motifs is 1. The van der Waals surface area contributed by atoms with Crippen LogP contribution in [0.1, 0.15) is 57.9 Å². The molecule has 0 aliphatic carbocycles. The van der Waals surface area contributed by atoms with Crippen molar-refractivity contribution < 1.29 is 29.0 Å². The first-order valence-corrected chi connectivity index (χ1v) is 17.5. The summed E-state index contributed by atoms with van der Waals surface area (Å²) in [5.41, 5.74) is -0.0656. The molecular weight excluding hydrogens is 630 g/mol. The number of unbranched alkanes of at least 4 members (excludes halogenated alkanes) is 2. The zero-order chi connectivity index (χ0) is 34.6. The van der Waals surface area contributed by atoms with E-state index in [4.69, 9.17) is 21.1 Å². The van der Waals surface area contributed by atoms with E-state index >= 15 is 4.79 Å². The molecule has 2 bridgehead atoms. The van der Waals surface area contributed by atoms with E-state index in [1.54, 1.807) is 32.9 Å². The van der Waals surface area contributed by atoms with E-state index < -0.39 is 29.1 Å². The Morgan fingerprint density at radius 2 is 1.75 bits per heavy atom. The number of rotatable bonds is 16. The van der Waals surface area contributed by atoms with Crippen molar-refractivity contribution in [2.75, 3.05) is 42.6 Å². The van der Waals surface area contributed by atoms with Gasteiger partial charge in [0.2, 0.25) is 11.8 Å². The molecule has 9 nitrogen and oxygen atoms in total. The summed E-state index contributed by atoms with van der Waals surface area (Å²) in [6.45, 7) is 14.9. The molecule has 5 rings (SSSR count). The van der Waals surface area contributed by atoms with Crippen molar-refractivity contribution in [3.63, 3.8) is 0 Å². The van der Waals surface area contributed by atoms with Crippen LogP contribution in [-0.4, -0.2) is 77.8 Å². The first-order valence-electron chi connectivity index (χ1n) is 17.1. The Labute approximate surface area is 289 Å². The number of benzene rings is 2. The molecule has 1 N–H and O–H groups in total. The molecule has 3 aliphatic rings. The Bertz CT molecular complexity index is 1510. The van der Waals surface area contributed by atoms with Crippen molar-refractivity contribution in [1.29, 1.82) is 0 Å². The number of aryl methyl sites for hydroxylation is 1. The first-order chi connectivity index (χ1) is 23.1. The van der Waals surface area contributed by atoms with Gasteiger partial charge in [-0.3, -0.25) is 14.4 Å². The predicted molar refractivity (Wildman–Crippen MR) is 188 cm³/mol. The fraction of sp³-hybridized carbons (Fsp3) is 0.500. The summed E-state index contributed by atoms with van der Waals surface area (Å²) in [6.07, 6.45) is 6.72. The van der Waals surface area contributed by atoms with Crippen LogP contribution >= 0.6 is 11.6 Å². The molecule has 3 fully saturated rings. The fourth-order valence-corrected chi connectivity index (χ4v) is 8.55. The number of nitrogens with zero attached hydrogens (tertiary/aromatic N) is 3. The van der Waals surface area contributed by atoms with Crippen LogP contribution in [0, 0.1) is 18.8 Å². The SMILES string of the molecule is C=CCN(C(=O)[C@@H]1[C@H]2C(=O)N(CCCCCO)C(C(=O)N(CC=C)c3c(C)cccc3Cl)C23CC[C@@]1(CC)O3)c1ccc(OCC)cc1. The van der Waals surface area contributed by atoms with Crippen molar-refractivity contribution >= 4 is 40.7 Å². The minimum atomic E-state index is -1.20. The number of aliphatic hydroxyl groups is 1. The largest absolute Gasteiger partial charge is 0.494 e. The monoisotopic (exact) mass is 677 g/mol. The van der Waals surface area contributed by atoms with Crippen molar-refractivity contribution in [3.05, 3.63) is 78.4 Å². The van der Waals surface area contributed by atoms with Gasteiger partial charge in [0.15, 0.2) is 0 Å². The van der Waals surface area contributed by atoms with Gasteiger partial charge < -0.3 is 29.3 Å². The van der Waals surface area contributed by atoms with Crippen LogP contribution in [-0.2, 0) is 19.1 Å². The lowest BCUT2D eigenvalue weighted by atomic mass is 9.64. The molecule has 3 heterocycles. The van der Waals surface area contributed by atoms with Gasteiger partial charge in [-0.05, 0) is 88.3 Å². The summed E-state index contributed by atoms with van der Waals surface area (Å²) in [4.78, 5) is 49.6. The molecule has 3 amide bonds. The highest BCUT2D eigenvalue weighted by Crippen LogP contribution is 2.65. The zero-order valence-electron chi connectivity index (χ0n) is 28.3. The highest BCUT2D eigenvalue weighted by molar-refractivity contribution is 6.34. The number of likely N-dealkylation sites (tertiary alicyclic amines) is 1. The van der Waals surface area contributed by atoms with Gasteiger partial charge in [-0.2, -0.15) is 0 Å². The highest BCUT2D eigenvalue weighted by Gasteiger charge is 2.79. The molecule has 3 aliphatic heterocycles. The molecule has 2 unspecified atom stereocenters. The fourth-order valence-electron chi connectivity index (χ4n) is 8.23. The molecule has 5 atom stereocenters. The zero-order valence-corrected chi connectivity index (χ0v) is 29.1. The molecule has 3 saturated heterocycles. The van der Waals surface area contributed by atoms with Gasteiger partial charge in [0.25, 0.3) is 5.91 Å². The topological polar surface area (TPSA) is 99.6 Å². The number of amides is 3. The molecule has 48 heavy (non-hydrogen) atoms. The average molecular weight is 678 g/mol. The van der Waals surface area contributed by atoms with E-state index in [9.17, 15) is 14.7 Å².